The maximum absolute atomic E-state index is 12.3. The van der Waals surface area contributed by atoms with Crippen molar-refractivity contribution in [2.45, 2.75) is 12.3 Å². The van der Waals surface area contributed by atoms with Crippen LogP contribution in [0.3, 0.4) is 0 Å². The van der Waals surface area contributed by atoms with Crippen LogP contribution >= 0.6 is 11.3 Å². The van der Waals surface area contributed by atoms with Gasteiger partial charge < -0.3 is 0 Å². The average Bonchev–Trinajstić information content (AvgIpc) is 3.00. The van der Waals surface area contributed by atoms with E-state index in [0.717, 1.165) is 16.0 Å². The molecule has 1 unspecified atom stereocenters. The lowest BCUT2D eigenvalue weighted by molar-refractivity contribution is -0.141. The third-order valence-electron chi connectivity index (χ3n) is 3.32. The number of carbonyl (C=O) groups is 4. The van der Waals surface area contributed by atoms with E-state index < -0.39 is 35.8 Å². The summed E-state index contributed by atoms with van der Waals surface area (Å²) in [6.45, 7) is 0. The average molecular weight is 355 g/mol. The van der Waals surface area contributed by atoms with Gasteiger partial charge in [0.25, 0.3) is 17.7 Å². The third kappa shape index (κ3) is 3.13. The van der Waals surface area contributed by atoms with Crippen LogP contribution in [-0.4, -0.2) is 34.2 Å². The van der Waals surface area contributed by atoms with Crippen molar-refractivity contribution in [3.8, 4) is 6.07 Å². The monoisotopic (exact) mass is 355 g/mol. The van der Waals surface area contributed by atoms with Crippen LogP contribution in [0.4, 0.5) is 0 Å². The minimum absolute atomic E-state index is 0.225. The van der Waals surface area contributed by atoms with Crippen LogP contribution in [0.25, 0.3) is 10.2 Å². The Labute approximate surface area is 144 Å². The predicted molar refractivity (Wildman–Crippen MR) is 86.3 cm³/mol. The van der Waals surface area contributed by atoms with E-state index in [0.29, 0.717) is 5.52 Å². The molecule has 9 nitrogen and oxygen atoms in total. The molecule has 1 aromatic heterocycles. The standard InChI is InChI=1S/C15H9N5O4S/c16-6-5-9(21)19-20-11-10(12(22)14(24)18-13(11)23)15-17-7-3-1-2-4-8(7)25-15/h1-4,10H,5H2,(H,19,21)(H,18,23,24)/b20-11+. The SMILES string of the molecule is N#CCC(=O)N/N=C1/C(=O)NC(=O)C(=O)C1c1nc2ccccc2s1. The van der Waals surface area contributed by atoms with Crippen molar-refractivity contribution in [2.24, 2.45) is 5.10 Å². The number of carbonyl (C=O) groups excluding carboxylic acids is 4. The summed E-state index contributed by atoms with van der Waals surface area (Å²) in [7, 11) is 0. The number of thiazole rings is 1. The minimum Gasteiger partial charge on any atom is -0.287 e. The van der Waals surface area contributed by atoms with Gasteiger partial charge in [-0.05, 0) is 12.1 Å². The molecule has 10 heteroatoms. The number of fused-ring (bicyclic) bond motifs is 1. The Morgan fingerprint density at radius 3 is 2.80 bits per heavy atom. The highest BCUT2D eigenvalue weighted by Gasteiger charge is 2.43. The summed E-state index contributed by atoms with van der Waals surface area (Å²) in [4.78, 5) is 51.7. The number of Topliss-reactive ketones (excluding diaryl/α,β-unsaturated/α-hetero) is 1. The first-order valence-corrected chi connectivity index (χ1v) is 7.81. The Kier molecular flexibility index (Phi) is 4.32. The number of amides is 3. The molecule has 0 spiro atoms. The highest BCUT2D eigenvalue weighted by atomic mass is 32.1. The van der Waals surface area contributed by atoms with Crippen molar-refractivity contribution < 1.29 is 19.2 Å². The van der Waals surface area contributed by atoms with E-state index in [9.17, 15) is 19.2 Å². The number of rotatable bonds is 3. The Hall–Kier alpha value is -3.45. The molecule has 3 rings (SSSR count). The van der Waals surface area contributed by atoms with Crippen molar-refractivity contribution in [3.05, 3.63) is 29.3 Å². The number of aromatic nitrogens is 1. The Bertz CT molecular complexity index is 954. The van der Waals surface area contributed by atoms with Crippen LogP contribution in [0.2, 0.25) is 0 Å². The smallest absolute Gasteiger partial charge is 0.287 e. The van der Waals surface area contributed by atoms with Crippen molar-refractivity contribution in [2.75, 3.05) is 0 Å². The first kappa shape index (κ1) is 16.4. The summed E-state index contributed by atoms with van der Waals surface area (Å²) in [5.74, 6) is -4.90. The molecule has 1 saturated heterocycles. The lowest BCUT2D eigenvalue weighted by Gasteiger charge is -2.19. The van der Waals surface area contributed by atoms with E-state index in [1.807, 2.05) is 10.7 Å². The first-order valence-electron chi connectivity index (χ1n) is 6.99. The second-order valence-electron chi connectivity index (χ2n) is 4.97. The fraction of sp³-hybridized carbons (Fsp3) is 0.133. The highest BCUT2D eigenvalue weighted by molar-refractivity contribution is 7.19. The lowest BCUT2D eigenvalue weighted by Crippen LogP contribution is -2.52. The van der Waals surface area contributed by atoms with E-state index >= 15 is 0 Å². The molecule has 25 heavy (non-hydrogen) atoms. The molecule has 1 aliphatic rings. The zero-order chi connectivity index (χ0) is 18.0. The van der Waals surface area contributed by atoms with Gasteiger partial charge in [0.15, 0.2) is 0 Å². The molecular weight excluding hydrogens is 346 g/mol. The van der Waals surface area contributed by atoms with Gasteiger partial charge in [-0.1, -0.05) is 12.1 Å². The number of ketones is 1. The van der Waals surface area contributed by atoms with Crippen LogP contribution in [0.5, 0.6) is 0 Å². The first-order chi connectivity index (χ1) is 12.0. The molecule has 1 fully saturated rings. The van der Waals surface area contributed by atoms with Crippen molar-refractivity contribution in [1.29, 1.82) is 5.26 Å². The maximum Gasteiger partial charge on any atom is 0.295 e. The second-order valence-corrected chi connectivity index (χ2v) is 6.03. The molecule has 124 valence electrons. The number of hydrogen-bond acceptors (Lipinski definition) is 8. The van der Waals surface area contributed by atoms with Crippen molar-refractivity contribution >= 4 is 50.8 Å². The van der Waals surface area contributed by atoms with Crippen LogP contribution in [-0.2, 0) is 19.2 Å². The third-order valence-corrected chi connectivity index (χ3v) is 4.42. The van der Waals surface area contributed by atoms with Crippen LogP contribution in [0.1, 0.15) is 17.3 Å². The molecule has 1 aromatic carbocycles. The zero-order valence-corrected chi connectivity index (χ0v) is 13.3. The Balaban J connectivity index is 2.03. The van der Waals surface area contributed by atoms with Crippen molar-refractivity contribution in [3.63, 3.8) is 0 Å². The molecule has 2 heterocycles. The quantitative estimate of drug-likeness (QED) is 0.451. The molecular formula is C15H9N5O4S. The fourth-order valence-electron chi connectivity index (χ4n) is 2.21. The molecule has 3 amide bonds. The van der Waals surface area contributed by atoms with Gasteiger partial charge in [0.2, 0.25) is 5.78 Å². The number of nitriles is 1. The Morgan fingerprint density at radius 1 is 1.32 bits per heavy atom. The van der Waals surface area contributed by atoms with Crippen molar-refractivity contribution in [1.82, 2.24) is 15.7 Å². The molecule has 0 aliphatic carbocycles. The normalized spacial score (nSPS) is 18.9. The summed E-state index contributed by atoms with van der Waals surface area (Å²) in [6, 6.07) is 8.71. The van der Waals surface area contributed by atoms with Gasteiger partial charge in [0.1, 0.15) is 23.1 Å². The van der Waals surface area contributed by atoms with Gasteiger partial charge >= 0.3 is 0 Å². The summed E-state index contributed by atoms with van der Waals surface area (Å²) in [5, 5.41) is 14.2. The summed E-state index contributed by atoms with van der Waals surface area (Å²) in [5.41, 5.74) is 2.29. The predicted octanol–water partition coefficient (Wildman–Crippen LogP) is -0.00872. The van der Waals surface area contributed by atoms with E-state index in [4.69, 9.17) is 5.26 Å². The number of nitrogens with one attached hydrogen (secondary N) is 2. The van der Waals surface area contributed by atoms with E-state index in [-0.39, 0.29) is 10.7 Å². The number of hydrazone groups is 1. The molecule has 1 atom stereocenters. The number of hydrogen-bond donors (Lipinski definition) is 2. The minimum atomic E-state index is -1.30. The fourth-order valence-corrected chi connectivity index (χ4v) is 3.28. The largest absolute Gasteiger partial charge is 0.295 e. The van der Waals surface area contributed by atoms with Gasteiger partial charge in [0.05, 0.1) is 16.3 Å². The Morgan fingerprint density at radius 2 is 2.08 bits per heavy atom. The van der Waals surface area contributed by atoms with E-state index in [1.165, 1.54) is 0 Å². The molecule has 2 N–H and O–H groups in total. The molecule has 1 aliphatic heterocycles. The van der Waals surface area contributed by atoms with Gasteiger partial charge in [-0.3, -0.25) is 24.5 Å². The van der Waals surface area contributed by atoms with Crippen LogP contribution in [0.15, 0.2) is 29.4 Å². The van der Waals surface area contributed by atoms with E-state index in [1.54, 1.807) is 30.3 Å². The number of piperidine rings is 1. The van der Waals surface area contributed by atoms with Crippen LogP contribution < -0.4 is 10.7 Å². The second kappa shape index (κ2) is 6.58. The number of para-hydroxylation sites is 1. The van der Waals surface area contributed by atoms with E-state index in [2.05, 4.69) is 10.1 Å². The number of imide groups is 1. The van der Waals surface area contributed by atoms with Gasteiger partial charge in [-0.15, -0.1) is 11.3 Å². The van der Waals surface area contributed by atoms with Gasteiger partial charge in [0, 0.05) is 0 Å². The topological polar surface area (TPSA) is 141 Å². The lowest BCUT2D eigenvalue weighted by atomic mass is 9.94. The van der Waals surface area contributed by atoms with Crippen LogP contribution in [0, 0.1) is 11.3 Å². The molecule has 2 aromatic rings. The molecule has 0 radical (unpaired) electrons. The zero-order valence-electron chi connectivity index (χ0n) is 12.5. The summed E-state index contributed by atoms with van der Waals surface area (Å²) >= 11 is 1.15. The maximum atomic E-state index is 12.3. The molecule has 0 bridgehead atoms. The molecule has 0 saturated carbocycles. The number of benzene rings is 1. The van der Waals surface area contributed by atoms with Gasteiger partial charge in [-0.2, -0.15) is 10.4 Å². The number of nitrogens with zero attached hydrogens (tertiary/aromatic N) is 3. The van der Waals surface area contributed by atoms with Gasteiger partial charge in [-0.25, -0.2) is 10.4 Å². The summed E-state index contributed by atoms with van der Waals surface area (Å²) in [6.07, 6.45) is -0.461. The summed E-state index contributed by atoms with van der Waals surface area (Å²) < 4.78 is 0.775. The highest BCUT2D eigenvalue weighted by Crippen LogP contribution is 2.30.